The second-order valence-corrected chi connectivity index (χ2v) is 9.94. The Labute approximate surface area is 153 Å². The lowest BCUT2D eigenvalue weighted by atomic mass is 9.40. The van der Waals surface area contributed by atoms with Crippen molar-refractivity contribution in [2.45, 2.75) is 57.7 Å². The van der Waals surface area contributed by atoms with Gasteiger partial charge in [-0.05, 0) is 66.8 Å². The quantitative estimate of drug-likeness (QED) is 0.689. The minimum absolute atomic E-state index is 0.0700. The summed E-state index contributed by atoms with van der Waals surface area (Å²) in [5.41, 5.74) is -1.64. The Balaban J connectivity index is 1.81. The maximum atomic E-state index is 12.9. The van der Waals surface area contributed by atoms with E-state index < -0.39 is 29.5 Å². The van der Waals surface area contributed by atoms with Crippen molar-refractivity contribution in [1.82, 2.24) is 0 Å². The molecule has 0 radical (unpaired) electrons. The van der Waals surface area contributed by atoms with Gasteiger partial charge in [0.2, 0.25) is 0 Å². The molecule has 5 bridgehead atoms. The van der Waals surface area contributed by atoms with E-state index in [1.165, 1.54) is 0 Å². The average Bonchev–Trinajstić information content (AvgIpc) is 2.77. The van der Waals surface area contributed by atoms with Crippen LogP contribution >= 0.6 is 0 Å². The Morgan fingerprint density at radius 3 is 2.69 bits per heavy atom. The second kappa shape index (κ2) is 4.86. The molecule has 0 aromatic heterocycles. The van der Waals surface area contributed by atoms with Crippen LogP contribution in [0.2, 0.25) is 0 Å². The molecule has 0 heterocycles. The number of carbonyl (C=O) groups excluding carboxylic acids is 2. The Morgan fingerprint density at radius 1 is 1.27 bits per heavy atom. The molecule has 0 amide bonds. The lowest BCUT2D eigenvalue weighted by molar-refractivity contribution is -0.217. The zero-order chi connectivity index (χ0) is 18.6. The van der Waals surface area contributed by atoms with Crippen molar-refractivity contribution in [2.75, 3.05) is 6.61 Å². The number of hydrogen-bond donors (Lipinski definition) is 3. The van der Waals surface area contributed by atoms with E-state index in [4.69, 9.17) is 0 Å². The van der Waals surface area contributed by atoms with Gasteiger partial charge in [0.15, 0.2) is 11.6 Å². The monoisotopic (exact) mass is 360 g/mol. The molecule has 5 aliphatic carbocycles. The molecule has 26 heavy (non-hydrogen) atoms. The SMILES string of the molecule is C[C@]12C[C@H](O)[C@H]3[C@H]4CCC5=CC(=O)CC(C(C[C@@H]41)[C@]2(O)C(=O)CO)[C@@]53C. The maximum absolute atomic E-state index is 12.9. The summed E-state index contributed by atoms with van der Waals surface area (Å²) in [6, 6.07) is 0. The first-order chi connectivity index (χ1) is 12.2. The molecule has 5 nitrogen and oxygen atoms in total. The standard InChI is InChI=1S/C21H28O5/c1-19-8-16(24)18-12-4-3-10-5-11(23)6-14(20(10,18)2)15(7-13(12)19)21(19,26)17(25)9-22/h5,12-16,18,22,24,26H,3-4,6-9H2,1-2H3/t12-,13-,14?,15?,16-,18+,19-,20+,21-/m0/s1. The van der Waals surface area contributed by atoms with Gasteiger partial charge in [-0.3, -0.25) is 9.59 Å². The van der Waals surface area contributed by atoms with Gasteiger partial charge in [0.05, 0.1) is 6.10 Å². The van der Waals surface area contributed by atoms with Crippen molar-refractivity contribution in [3.63, 3.8) is 0 Å². The van der Waals surface area contributed by atoms with Crippen molar-refractivity contribution in [1.29, 1.82) is 0 Å². The molecule has 142 valence electrons. The summed E-state index contributed by atoms with van der Waals surface area (Å²) in [5.74, 6) is -0.436. The van der Waals surface area contributed by atoms with Gasteiger partial charge >= 0.3 is 0 Å². The largest absolute Gasteiger partial charge is 0.393 e. The lowest BCUT2D eigenvalue weighted by Crippen LogP contribution is -2.68. The number of aliphatic hydroxyl groups excluding tert-OH is 2. The minimum atomic E-state index is -1.66. The van der Waals surface area contributed by atoms with Crippen LogP contribution in [0.1, 0.15) is 46.0 Å². The Kier molecular flexibility index (Phi) is 3.20. The van der Waals surface area contributed by atoms with Crippen LogP contribution in [0.5, 0.6) is 0 Å². The zero-order valence-electron chi connectivity index (χ0n) is 15.4. The molecular weight excluding hydrogens is 332 g/mol. The molecule has 0 saturated heterocycles. The number of hydrogen-bond acceptors (Lipinski definition) is 5. The van der Waals surface area contributed by atoms with Crippen LogP contribution < -0.4 is 0 Å². The number of aliphatic hydroxyl groups is 3. The van der Waals surface area contributed by atoms with E-state index in [9.17, 15) is 24.9 Å². The third kappa shape index (κ3) is 1.57. The summed E-state index contributed by atoms with van der Waals surface area (Å²) >= 11 is 0. The van der Waals surface area contributed by atoms with Crippen LogP contribution in [-0.4, -0.2) is 45.2 Å². The fourth-order valence-corrected chi connectivity index (χ4v) is 8.55. The molecule has 0 aromatic carbocycles. The third-order valence-corrected chi connectivity index (χ3v) is 9.47. The van der Waals surface area contributed by atoms with Crippen LogP contribution in [0.4, 0.5) is 0 Å². The van der Waals surface area contributed by atoms with Gasteiger partial charge < -0.3 is 15.3 Å². The molecular formula is C21H28O5. The van der Waals surface area contributed by atoms with E-state index in [1.54, 1.807) is 6.08 Å². The molecule has 9 atom stereocenters. The highest BCUT2D eigenvalue weighted by molar-refractivity contribution is 5.93. The van der Waals surface area contributed by atoms with E-state index in [0.717, 1.165) is 18.4 Å². The predicted octanol–water partition coefficient (Wildman–Crippen LogP) is 1.25. The summed E-state index contributed by atoms with van der Waals surface area (Å²) < 4.78 is 0. The van der Waals surface area contributed by atoms with Gasteiger partial charge in [-0.15, -0.1) is 0 Å². The topological polar surface area (TPSA) is 94.8 Å². The number of carbonyl (C=O) groups is 2. The first kappa shape index (κ1) is 17.1. The normalized spacial score (nSPS) is 57.0. The van der Waals surface area contributed by atoms with Gasteiger partial charge in [-0.25, -0.2) is 0 Å². The van der Waals surface area contributed by atoms with Crippen molar-refractivity contribution in [2.24, 2.45) is 40.4 Å². The maximum Gasteiger partial charge on any atom is 0.190 e. The van der Waals surface area contributed by atoms with Crippen molar-refractivity contribution < 1.29 is 24.9 Å². The number of allylic oxidation sites excluding steroid dienone is 1. The molecule has 5 aliphatic rings. The highest BCUT2D eigenvalue weighted by Crippen LogP contribution is 2.75. The predicted molar refractivity (Wildman–Crippen MR) is 92.9 cm³/mol. The average molecular weight is 360 g/mol. The van der Waals surface area contributed by atoms with Gasteiger partial charge in [0.25, 0.3) is 0 Å². The molecule has 2 unspecified atom stereocenters. The molecule has 0 aromatic rings. The summed E-state index contributed by atoms with van der Waals surface area (Å²) in [6.45, 7) is 3.39. The number of ketones is 2. The van der Waals surface area contributed by atoms with Crippen LogP contribution in [-0.2, 0) is 9.59 Å². The number of fused-ring (bicyclic) bond motifs is 2. The summed E-state index contributed by atoms with van der Waals surface area (Å²) in [4.78, 5) is 25.4. The Hall–Kier alpha value is -1.04. The van der Waals surface area contributed by atoms with E-state index >= 15 is 0 Å². The van der Waals surface area contributed by atoms with Gasteiger partial charge in [-0.1, -0.05) is 19.4 Å². The molecule has 4 saturated carbocycles. The molecule has 0 spiro atoms. The number of Topliss-reactive ketones (excluding diaryl/α,β-unsaturated/α-hetero) is 1. The molecule has 5 rings (SSSR count). The van der Waals surface area contributed by atoms with E-state index in [0.29, 0.717) is 19.3 Å². The molecule has 4 fully saturated rings. The fraction of sp³-hybridized carbons (Fsp3) is 0.810. The zero-order valence-corrected chi connectivity index (χ0v) is 15.4. The van der Waals surface area contributed by atoms with Gasteiger partial charge in [-0.2, -0.15) is 0 Å². The highest BCUT2D eigenvalue weighted by atomic mass is 16.3. The van der Waals surface area contributed by atoms with E-state index in [1.807, 2.05) is 6.92 Å². The smallest absolute Gasteiger partial charge is 0.190 e. The fourth-order valence-electron chi connectivity index (χ4n) is 8.55. The van der Waals surface area contributed by atoms with Crippen LogP contribution in [0, 0.1) is 40.4 Å². The Morgan fingerprint density at radius 2 is 2.00 bits per heavy atom. The van der Waals surface area contributed by atoms with Crippen molar-refractivity contribution in [3.05, 3.63) is 11.6 Å². The third-order valence-electron chi connectivity index (χ3n) is 9.47. The van der Waals surface area contributed by atoms with Crippen LogP contribution in [0.25, 0.3) is 0 Å². The van der Waals surface area contributed by atoms with Gasteiger partial charge in [0.1, 0.15) is 12.2 Å². The Bertz CT molecular complexity index is 743. The van der Waals surface area contributed by atoms with E-state index in [2.05, 4.69) is 6.92 Å². The van der Waals surface area contributed by atoms with E-state index in [-0.39, 0.29) is 40.8 Å². The van der Waals surface area contributed by atoms with Crippen molar-refractivity contribution >= 4 is 11.6 Å². The first-order valence-corrected chi connectivity index (χ1v) is 9.98. The first-order valence-electron chi connectivity index (χ1n) is 9.98. The molecule has 0 aliphatic heterocycles. The molecule has 3 N–H and O–H groups in total. The molecule has 5 heteroatoms. The van der Waals surface area contributed by atoms with Crippen LogP contribution in [0.3, 0.4) is 0 Å². The second-order valence-electron chi connectivity index (χ2n) is 9.94. The van der Waals surface area contributed by atoms with Gasteiger partial charge in [0, 0.05) is 11.8 Å². The highest BCUT2D eigenvalue weighted by Gasteiger charge is 2.77. The number of rotatable bonds is 2. The summed E-state index contributed by atoms with van der Waals surface area (Å²) in [7, 11) is 0. The lowest BCUT2D eigenvalue weighted by Gasteiger charge is -2.65. The minimum Gasteiger partial charge on any atom is -0.393 e. The summed E-state index contributed by atoms with van der Waals surface area (Å²) in [6.07, 6.45) is 4.39. The summed E-state index contributed by atoms with van der Waals surface area (Å²) in [5, 5.41) is 32.7. The van der Waals surface area contributed by atoms with Crippen molar-refractivity contribution in [3.8, 4) is 0 Å². The van der Waals surface area contributed by atoms with Crippen LogP contribution in [0.15, 0.2) is 11.6 Å².